The van der Waals surface area contributed by atoms with Gasteiger partial charge < -0.3 is 18.8 Å². The second kappa shape index (κ2) is 12.7. The molecular weight excluding hydrogens is 532 g/mol. The van der Waals surface area contributed by atoms with Gasteiger partial charge >= 0.3 is 0 Å². The molecule has 220 valence electrons. The molecule has 7 rings (SSSR count). The van der Waals surface area contributed by atoms with Crippen molar-refractivity contribution in [2.24, 2.45) is 0 Å². The van der Waals surface area contributed by atoms with Gasteiger partial charge in [-0.2, -0.15) is 0 Å². The summed E-state index contributed by atoms with van der Waals surface area (Å²) in [6, 6.07) is 32.3. The van der Waals surface area contributed by atoms with Crippen molar-refractivity contribution in [2.75, 3.05) is 26.2 Å². The van der Waals surface area contributed by atoms with E-state index in [2.05, 4.69) is 89.2 Å². The number of likely N-dealkylation sites (tertiary alicyclic amines) is 1. The van der Waals surface area contributed by atoms with E-state index >= 15 is 0 Å². The van der Waals surface area contributed by atoms with Crippen molar-refractivity contribution in [3.05, 3.63) is 119 Å². The molecule has 43 heavy (non-hydrogen) atoms. The third-order valence-corrected chi connectivity index (χ3v) is 8.92. The first kappa shape index (κ1) is 27.8. The molecule has 0 aliphatic carbocycles. The summed E-state index contributed by atoms with van der Waals surface area (Å²) in [5.41, 5.74) is 9.92. The molecular formula is C38H40N2O3. The molecule has 0 bridgehead atoms. The molecule has 0 saturated carbocycles. The summed E-state index contributed by atoms with van der Waals surface area (Å²) in [5, 5.41) is 1.22. The largest absolute Gasteiger partial charge is 0.492 e. The maximum absolute atomic E-state index is 6.23. The number of nitrogens with zero attached hydrogens (tertiary/aromatic N) is 2. The zero-order chi connectivity index (χ0) is 29.0. The Morgan fingerprint density at radius 2 is 1.51 bits per heavy atom. The van der Waals surface area contributed by atoms with Crippen LogP contribution in [0.5, 0.6) is 11.5 Å². The van der Waals surface area contributed by atoms with Gasteiger partial charge in [0, 0.05) is 24.0 Å². The minimum absolute atomic E-state index is 0.552. The van der Waals surface area contributed by atoms with Gasteiger partial charge in [0.25, 0.3) is 0 Å². The first-order valence-corrected chi connectivity index (χ1v) is 15.6. The van der Waals surface area contributed by atoms with Gasteiger partial charge in [-0.3, -0.25) is 4.90 Å². The van der Waals surface area contributed by atoms with Crippen LogP contribution in [0.4, 0.5) is 0 Å². The standard InChI is InChI=1S/C38H40N2O3/c1-28-36-23-35(43-25-30-8-4-2-5-9-30)16-17-37(36)40(38(28)31-12-13-32-26-41-27-33(32)22-31)24-29-10-14-34(15-11-29)42-21-20-39-18-6-3-7-19-39/h2,4-5,8-17,22-23H,3,6-7,18-21,24-27H2,1H3. The van der Waals surface area contributed by atoms with E-state index in [-0.39, 0.29) is 0 Å². The minimum Gasteiger partial charge on any atom is -0.492 e. The first-order chi connectivity index (χ1) is 21.2. The van der Waals surface area contributed by atoms with Crippen molar-refractivity contribution >= 4 is 10.9 Å². The number of rotatable bonds is 10. The first-order valence-electron chi connectivity index (χ1n) is 15.6. The van der Waals surface area contributed by atoms with Crippen molar-refractivity contribution in [3.8, 4) is 22.8 Å². The Bertz CT molecular complexity index is 1680. The van der Waals surface area contributed by atoms with Crippen LogP contribution in [-0.2, 0) is 31.1 Å². The van der Waals surface area contributed by atoms with Crippen LogP contribution in [-0.4, -0.2) is 35.7 Å². The van der Waals surface area contributed by atoms with Crippen molar-refractivity contribution in [3.63, 3.8) is 0 Å². The molecule has 5 heteroatoms. The van der Waals surface area contributed by atoms with Gasteiger partial charge in [-0.05, 0) is 103 Å². The zero-order valence-electron chi connectivity index (χ0n) is 25.1. The molecule has 0 unspecified atom stereocenters. The summed E-state index contributed by atoms with van der Waals surface area (Å²) < 4.78 is 20.5. The average Bonchev–Trinajstić information content (AvgIpc) is 3.63. The van der Waals surface area contributed by atoms with E-state index in [1.807, 2.05) is 18.2 Å². The average molecular weight is 573 g/mol. The second-order valence-corrected chi connectivity index (χ2v) is 11.9. The lowest BCUT2D eigenvalue weighted by molar-refractivity contribution is 0.134. The Kier molecular flexibility index (Phi) is 8.17. The molecule has 2 aliphatic heterocycles. The molecule has 5 aromatic rings. The number of benzene rings is 4. The van der Waals surface area contributed by atoms with Crippen molar-refractivity contribution in [2.45, 2.75) is 52.6 Å². The van der Waals surface area contributed by atoms with Crippen LogP contribution in [0.25, 0.3) is 22.2 Å². The van der Waals surface area contributed by atoms with Crippen LogP contribution < -0.4 is 9.47 Å². The fraction of sp³-hybridized carbons (Fsp3) is 0.316. The molecule has 0 radical (unpaired) electrons. The summed E-state index contributed by atoms with van der Waals surface area (Å²) in [7, 11) is 0. The Morgan fingerprint density at radius 1 is 0.721 bits per heavy atom. The monoisotopic (exact) mass is 572 g/mol. The molecule has 1 aromatic heterocycles. The van der Waals surface area contributed by atoms with Crippen LogP contribution in [0.2, 0.25) is 0 Å². The van der Waals surface area contributed by atoms with E-state index in [9.17, 15) is 0 Å². The van der Waals surface area contributed by atoms with E-state index in [0.717, 1.165) is 36.8 Å². The summed E-state index contributed by atoms with van der Waals surface area (Å²) in [4.78, 5) is 2.52. The van der Waals surface area contributed by atoms with Crippen molar-refractivity contribution in [1.29, 1.82) is 0 Å². The lowest BCUT2D eigenvalue weighted by Crippen LogP contribution is -2.33. The topological polar surface area (TPSA) is 35.9 Å². The van der Waals surface area contributed by atoms with Gasteiger partial charge in [0.05, 0.1) is 18.9 Å². The SMILES string of the molecule is Cc1c(-c2ccc3c(c2)COC3)n(Cc2ccc(OCCN3CCCCC3)cc2)c2ccc(OCc3ccccc3)cc12. The molecule has 5 nitrogen and oxygen atoms in total. The maximum atomic E-state index is 6.23. The van der Waals surface area contributed by atoms with Crippen molar-refractivity contribution in [1.82, 2.24) is 9.47 Å². The highest BCUT2D eigenvalue weighted by Gasteiger charge is 2.20. The molecule has 0 N–H and O–H groups in total. The van der Waals surface area contributed by atoms with Crippen LogP contribution >= 0.6 is 0 Å². The summed E-state index contributed by atoms with van der Waals surface area (Å²) in [6.07, 6.45) is 3.98. The Hall–Kier alpha value is -4.06. The normalized spacial score (nSPS) is 15.1. The number of hydrogen-bond acceptors (Lipinski definition) is 4. The third kappa shape index (κ3) is 6.20. The van der Waals surface area contributed by atoms with E-state index in [0.29, 0.717) is 19.8 Å². The summed E-state index contributed by atoms with van der Waals surface area (Å²) >= 11 is 0. The lowest BCUT2D eigenvalue weighted by Gasteiger charge is -2.26. The van der Waals surface area contributed by atoms with E-state index in [4.69, 9.17) is 14.2 Å². The fourth-order valence-corrected chi connectivity index (χ4v) is 6.54. The number of fused-ring (bicyclic) bond motifs is 2. The van der Waals surface area contributed by atoms with Gasteiger partial charge in [-0.25, -0.2) is 0 Å². The van der Waals surface area contributed by atoms with E-state index in [1.54, 1.807) is 0 Å². The number of piperidine rings is 1. The Labute approximate surface area is 254 Å². The Morgan fingerprint density at radius 3 is 2.35 bits per heavy atom. The predicted molar refractivity (Wildman–Crippen MR) is 173 cm³/mol. The van der Waals surface area contributed by atoms with Crippen LogP contribution in [0, 0.1) is 6.92 Å². The van der Waals surface area contributed by atoms with E-state index in [1.165, 1.54) is 76.8 Å². The number of hydrogen-bond donors (Lipinski definition) is 0. The van der Waals surface area contributed by atoms with Gasteiger partial charge in [0.1, 0.15) is 24.7 Å². The highest BCUT2D eigenvalue weighted by Crippen LogP contribution is 2.37. The second-order valence-electron chi connectivity index (χ2n) is 11.9. The van der Waals surface area contributed by atoms with Gasteiger partial charge in [0.2, 0.25) is 0 Å². The highest BCUT2D eigenvalue weighted by molar-refractivity contribution is 5.92. The molecule has 4 aromatic carbocycles. The number of aryl methyl sites for hydroxylation is 1. The maximum Gasteiger partial charge on any atom is 0.120 e. The number of aromatic nitrogens is 1. The van der Waals surface area contributed by atoms with Gasteiger partial charge in [-0.15, -0.1) is 0 Å². The van der Waals surface area contributed by atoms with E-state index < -0.39 is 0 Å². The molecule has 0 amide bonds. The van der Waals surface area contributed by atoms with Crippen LogP contribution in [0.1, 0.15) is 47.1 Å². The van der Waals surface area contributed by atoms with Crippen molar-refractivity contribution < 1.29 is 14.2 Å². The minimum atomic E-state index is 0.552. The fourth-order valence-electron chi connectivity index (χ4n) is 6.54. The van der Waals surface area contributed by atoms with Gasteiger partial charge in [0.15, 0.2) is 0 Å². The molecule has 0 spiro atoms. The zero-order valence-corrected chi connectivity index (χ0v) is 25.1. The third-order valence-electron chi connectivity index (χ3n) is 8.92. The summed E-state index contributed by atoms with van der Waals surface area (Å²) in [6.45, 7) is 9.08. The lowest BCUT2D eigenvalue weighted by atomic mass is 10.0. The summed E-state index contributed by atoms with van der Waals surface area (Å²) in [5.74, 6) is 1.82. The van der Waals surface area contributed by atoms with Gasteiger partial charge in [-0.1, -0.05) is 61.0 Å². The smallest absolute Gasteiger partial charge is 0.120 e. The van der Waals surface area contributed by atoms with Crippen LogP contribution in [0.3, 0.4) is 0 Å². The van der Waals surface area contributed by atoms with Crippen LogP contribution in [0.15, 0.2) is 91.0 Å². The molecule has 2 aliphatic rings. The highest BCUT2D eigenvalue weighted by atomic mass is 16.5. The molecule has 1 fully saturated rings. The predicted octanol–water partition coefficient (Wildman–Crippen LogP) is 8.14. The Balaban J connectivity index is 1.16. The number of ether oxygens (including phenoxy) is 3. The molecule has 3 heterocycles. The molecule has 0 atom stereocenters. The quantitative estimate of drug-likeness (QED) is 0.169. The molecule has 1 saturated heterocycles.